The largest absolute Gasteiger partial charge is 0.206 e. The highest BCUT2D eigenvalue weighted by atomic mass is 19.1. The van der Waals surface area contributed by atoms with Crippen LogP contribution in [0.25, 0.3) is 11.1 Å². The van der Waals surface area contributed by atoms with Crippen molar-refractivity contribution in [2.75, 3.05) is 0 Å². The van der Waals surface area contributed by atoms with E-state index in [1.165, 1.54) is 49.7 Å². The molecule has 1 aliphatic rings. The van der Waals surface area contributed by atoms with Crippen molar-refractivity contribution in [1.29, 1.82) is 5.26 Å². The van der Waals surface area contributed by atoms with Crippen molar-refractivity contribution >= 4 is 0 Å². The molecule has 0 bridgehead atoms. The average molecular weight is 426 g/mol. The van der Waals surface area contributed by atoms with Gasteiger partial charge in [0.25, 0.3) is 0 Å². The first-order chi connectivity index (χ1) is 15.6. The van der Waals surface area contributed by atoms with Gasteiger partial charge in [0.15, 0.2) is 0 Å². The third-order valence-electron chi connectivity index (χ3n) is 7.27. The normalized spacial score (nSPS) is 19.3. The standard InChI is InChI=1S/C30H32FN/c1-3-4-22-5-9-25(10-6-22)26-15-13-24(14-16-26)21(2)28-17-18-29(30(31)19-28)27-11-7-23(20-32)8-12-27/h7-8,11-19,21-22,25H,3-6,9-10H2,1-2H3. The number of halogens is 1. The first-order valence-corrected chi connectivity index (χ1v) is 12.0. The Balaban J connectivity index is 1.45. The zero-order chi connectivity index (χ0) is 22.5. The van der Waals surface area contributed by atoms with Gasteiger partial charge < -0.3 is 0 Å². The molecule has 1 saturated carbocycles. The van der Waals surface area contributed by atoms with Gasteiger partial charge >= 0.3 is 0 Å². The minimum Gasteiger partial charge on any atom is -0.206 e. The predicted octanol–water partition coefficient (Wildman–Crippen LogP) is 8.59. The first-order valence-electron chi connectivity index (χ1n) is 12.0. The molecule has 0 aliphatic heterocycles. The topological polar surface area (TPSA) is 23.8 Å². The zero-order valence-corrected chi connectivity index (χ0v) is 19.2. The Morgan fingerprint density at radius 2 is 1.56 bits per heavy atom. The second-order valence-corrected chi connectivity index (χ2v) is 9.32. The molecule has 1 unspecified atom stereocenters. The van der Waals surface area contributed by atoms with Crippen LogP contribution in [0.2, 0.25) is 0 Å². The molecular formula is C30H32FN. The van der Waals surface area contributed by atoms with Gasteiger partial charge in [0.05, 0.1) is 11.6 Å². The van der Waals surface area contributed by atoms with E-state index in [-0.39, 0.29) is 11.7 Å². The minimum absolute atomic E-state index is 0.133. The monoisotopic (exact) mass is 425 g/mol. The maximum absolute atomic E-state index is 14.9. The van der Waals surface area contributed by atoms with Crippen LogP contribution in [-0.4, -0.2) is 0 Å². The molecule has 164 valence electrons. The van der Waals surface area contributed by atoms with Crippen LogP contribution < -0.4 is 0 Å². The summed E-state index contributed by atoms with van der Waals surface area (Å²) in [6, 6.07) is 23.7. The van der Waals surface area contributed by atoms with Crippen LogP contribution in [0.4, 0.5) is 4.39 Å². The Bertz CT molecular complexity index is 1070. The molecule has 0 saturated heterocycles. The lowest BCUT2D eigenvalue weighted by Gasteiger charge is -2.29. The number of benzene rings is 3. The van der Waals surface area contributed by atoms with Gasteiger partial charge in [0.1, 0.15) is 5.82 Å². The Morgan fingerprint density at radius 1 is 0.906 bits per heavy atom. The fraction of sp³-hybridized carbons (Fsp3) is 0.367. The van der Waals surface area contributed by atoms with Gasteiger partial charge in [-0.05, 0) is 78.0 Å². The average Bonchev–Trinajstić information content (AvgIpc) is 2.84. The maximum Gasteiger partial charge on any atom is 0.131 e. The van der Waals surface area contributed by atoms with E-state index in [2.05, 4.69) is 44.2 Å². The second-order valence-electron chi connectivity index (χ2n) is 9.32. The molecular weight excluding hydrogens is 393 g/mol. The van der Waals surface area contributed by atoms with Crippen molar-refractivity contribution in [2.24, 2.45) is 5.92 Å². The lowest BCUT2D eigenvalue weighted by atomic mass is 9.77. The molecule has 0 aromatic heterocycles. The Kier molecular flexibility index (Phi) is 7.05. The van der Waals surface area contributed by atoms with Gasteiger partial charge in [-0.3, -0.25) is 0 Å². The van der Waals surface area contributed by atoms with Crippen LogP contribution >= 0.6 is 0 Å². The summed E-state index contributed by atoms with van der Waals surface area (Å²) in [5.41, 5.74) is 5.60. The van der Waals surface area contributed by atoms with Crippen molar-refractivity contribution in [3.8, 4) is 17.2 Å². The van der Waals surface area contributed by atoms with Gasteiger partial charge in [-0.25, -0.2) is 4.39 Å². The fourth-order valence-electron chi connectivity index (χ4n) is 5.20. The van der Waals surface area contributed by atoms with Gasteiger partial charge in [-0.15, -0.1) is 0 Å². The highest BCUT2D eigenvalue weighted by molar-refractivity contribution is 5.65. The van der Waals surface area contributed by atoms with Crippen molar-refractivity contribution in [3.63, 3.8) is 0 Å². The molecule has 0 radical (unpaired) electrons. The smallest absolute Gasteiger partial charge is 0.131 e. The summed E-state index contributed by atoms with van der Waals surface area (Å²) in [5, 5.41) is 8.96. The highest BCUT2D eigenvalue weighted by Gasteiger charge is 2.22. The van der Waals surface area contributed by atoms with Crippen LogP contribution in [0, 0.1) is 23.1 Å². The molecule has 1 fully saturated rings. The Morgan fingerprint density at radius 3 is 2.16 bits per heavy atom. The second kappa shape index (κ2) is 10.1. The summed E-state index contributed by atoms with van der Waals surface area (Å²) in [6.45, 7) is 4.43. The highest BCUT2D eigenvalue weighted by Crippen LogP contribution is 2.38. The van der Waals surface area contributed by atoms with Crippen molar-refractivity contribution in [1.82, 2.24) is 0 Å². The van der Waals surface area contributed by atoms with Crippen molar-refractivity contribution in [2.45, 2.75) is 64.2 Å². The molecule has 0 amide bonds. The van der Waals surface area contributed by atoms with E-state index in [4.69, 9.17) is 5.26 Å². The van der Waals surface area contributed by atoms with Gasteiger partial charge in [0.2, 0.25) is 0 Å². The predicted molar refractivity (Wildman–Crippen MR) is 130 cm³/mol. The van der Waals surface area contributed by atoms with Crippen LogP contribution in [-0.2, 0) is 0 Å². The number of hydrogen-bond donors (Lipinski definition) is 0. The summed E-state index contributed by atoms with van der Waals surface area (Å²) in [5.74, 6) is 1.53. The van der Waals surface area contributed by atoms with Crippen molar-refractivity contribution in [3.05, 3.63) is 94.8 Å². The van der Waals surface area contributed by atoms with Crippen molar-refractivity contribution < 1.29 is 4.39 Å². The van der Waals surface area contributed by atoms with Crippen LogP contribution in [0.1, 0.15) is 86.5 Å². The summed E-state index contributed by atoms with van der Waals surface area (Å²) in [6.07, 6.45) is 8.02. The van der Waals surface area contributed by atoms with Gasteiger partial charge in [-0.1, -0.05) is 75.2 Å². The minimum atomic E-state index is -0.223. The van der Waals surface area contributed by atoms with Crippen LogP contribution in [0.15, 0.2) is 66.7 Å². The number of nitriles is 1. The lowest BCUT2D eigenvalue weighted by Crippen LogP contribution is -2.13. The summed E-state index contributed by atoms with van der Waals surface area (Å²) in [7, 11) is 0. The molecule has 1 nitrogen and oxygen atoms in total. The number of hydrogen-bond acceptors (Lipinski definition) is 1. The summed E-state index contributed by atoms with van der Waals surface area (Å²) >= 11 is 0. The zero-order valence-electron chi connectivity index (χ0n) is 19.2. The Hall–Kier alpha value is -2.92. The molecule has 0 N–H and O–H groups in total. The first kappa shape index (κ1) is 22.3. The molecule has 0 heterocycles. The molecule has 32 heavy (non-hydrogen) atoms. The van der Waals surface area contributed by atoms with E-state index in [9.17, 15) is 4.39 Å². The molecule has 2 heteroatoms. The third-order valence-corrected chi connectivity index (χ3v) is 7.27. The van der Waals surface area contributed by atoms with Gasteiger partial charge in [0, 0.05) is 11.5 Å². The summed E-state index contributed by atoms with van der Waals surface area (Å²) in [4.78, 5) is 0. The number of rotatable bonds is 6. The van der Waals surface area contributed by atoms with Crippen LogP contribution in [0.3, 0.4) is 0 Å². The molecule has 3 aromatic rings. The molecule has 4 rings (SSSR count). The van der Waals surface area contributed by atoms with Gasteiger partial charge in [-0.2, -0.15) is 5.26 Å². The van der Waals surface area contributed by atoms with E-state index in [1.807, 2.05) is 12.1 Å². The number of nitrogens with zero attached hydrogens (tertiary/aromatic N) is 1. The Labute approximate surface area is 191 Å². The SMILES string of the molecule is CCCC1CCC(c2ccc(C(C)c3ccc(-c4ccc(C#N)cc4)c(F)c3)cc2)CC1. The summed E-state index contributed by atoms with van der Waals surface area (Å²) < 4.78 is 14.9. The third kappa shape index (κ3) is 4.94. The van der Waals surface area contributed by atoms with E-state index in [1.54, 1.807) is 30.3 Å². The lowest BCUT2D eigenvalue weighted by molar-refractivity contribution is 0.308. The van der Waals surface area contributed by atoms with E-state index < -0.39 is 0 Å². The van der Waals surface area contributed by atoms with E-state index in [0.717, 1.165) is 17.0 Å². The quantitative estimate of drug-likeness (QED) is 0.388. The van der Waals surface area contributed by atoms with E-state index >= 15 is 0 Å². The molecule has 3 aromatic carbocycles. The fourth-order valence-corrected chi connectivity index (χ4v) is 5.20. The molecule has 1 aliphatic carbocycles. The van der Waals surface area contributed by atoms with Crippen LogP contribution in [0.5, 0.6) is 0 Å². The van der Waals surface area contributed by atoms with E-state index in [0.29, 0.717) is 17.0 Å². The molecule has 1 atom stereocenters. The molecule has 0 spiro atoms. The maximum atomic E-state index is 14.9.